The van der Waals surface area contributed by atoms with Crippen molar-refractivity contribution in [2.24, 2.45) is 0 Å². The quantitative estimate of drug-likeness (QED) is 0.435. The van der Waals surface area contributed by atoms with Crippen LogP contribution in [0.25, 0.3) is 28.0 Å². The van der Waals surface area contributed by atoms with Crippen LogP contribution in [-0.4, -0.2) is 14.8 Å². The number of rotatable bonds is 2. The molecule has 0 bridgehead atoms. The Kier molecular flexibility index (Phi) is 4.01. The predicted octanol–water partition coefficient (Wildman–Crippen LogP) is 5.66. The van der Waals surface area contributed by atoms with Crippen molar-refractivity contribution in [3.05, 3.63) is 77.5 Å². The highest BCUT2D eigenvalue weighted by atomic mass is 15.3. The smallest absolute Gasteiger partial charge is 0.164 e. The fourth-order valence-electron chi connectivity index (χ4n) is 4.35. The van der Waals surface area contributed by atoms with E-state index in [0.29, 0.717) is 0 Å². The van der Waals surface area contributed by atoms with Gasteiger partial charge in [0.05, 0.1) is 17.1 Å². The summed E-state index contributed by atoms with van der Waals surface area (Å²) in [6.07, 6.45) is 6.01. The molecule has 0 N–H and O–H groups in total. The molecule has 1 aliphatic rings. The van der Waals surface area contributed by atoms with Gasteiger partial charge in [0.2, 0.25) is 0 Å². The van der Waals surface area contributed by atoms with Crippen molar-refractivity contribution in [3.8, 4) is 16.9 Å². The molecule has 0 atom stereocenters. The van der Waals surface area contributed by atoms with Crippen LogP contribution in [0.5, 0.6) is 0 Å². The van der Waals surface area contributed by atoms with E-state index in [9.17, 15) is 0 Å². The summed E-state index contributed by atoms with van der Waals surface area (Å²) in [5, 5.41) is 6.15. The number of benzene rings is 2. The third-order valence-electron chi connectivity index (χ3n) is 5.61. The average Bonchev–Trinajstić information content (AvgIpc) is 2.89. The van der Waals surface area contributed by atoms with Crippen molar-refractivity contribution in [3.63, 3.8) is 0 Å². The molecule has 3 heteroatoms. The minimum atomic E-state index is 0.984. The normalized spacial score (nSPS) is 14.1. The first kappa shape index (κ1) is 16.2. The van der Waals surface area contributed by atoms with E-state index in [1.54, 1.807) is 0 Å². The summed E-state index contributed by atoms with van der Waals surface area (Å²) >= 11 is 0. The van der Waals surface area contributed by atoms with Gasteiger partial charge in [0.15, 0.2) is 5.65 Å². The molecule has 0 saturated heterocycles. The molecule has 0 unspecified atom stereocenters. The van der Waals surface area contributed by atoms with E-state index in [1.807, 2.05) is 10.7 Å². The van der Waals surface area contributed by atoms with Crippen LogP contribution < -0.4 is 0 Å². The lowest BCUT2D eigenvalue weighted by molar-refractivity contribution is 0.712. The van der Waals surface area contributed by atoms with Crippen LogP contribution in [0.3, 0.4) is 0 Å². The molecular formula is C24H23N3. The number of nitrogens with zero attached hydrogens (tertiary/aromatic N) is 3. The standard InChI is InChI=1S/C24H23N3/c1-17-22-20-15-9-4-10-16-21(20)23(18-11-5-2-6-12-18)25-24(22)27(26-17)19-13-7-3-8-14-19/h2-3,5-8,11-14H,4,9-10,15-16H2,1H3. The van der Waals surface area contributed by atoms with Crippen molar-refractivity contribution in [1.29, 1.82) is 0 Å². The molecule has 0 fully saturated rings. The first-order chi connectivity index (χ1) is 13.3. The second-order valence-electron chi connectivity index (χ2n) is 7.38. The number of aryl methyl sites for hydroxylation is 2. The Morgan fingerprint density at radius 1 is 0.778 bits per heavy atom. The van der Waals surface area contributed by atoms with Gasteiger partial charge in [-0.15, -0.1) is 0 Å². The average molecular weight is 353 g/mol. The molecule has 2 heterocycles. The van der Waals surface area contributed by atoms with Gasteiger partial charge in [-0.25, -0.2) is 9.67 Å². The van der Waals surface area contributed by atoms with Gasteiger partial charge in [-0.2, -0.15) is 5.10 Å². The van der Waals surface area contributed by atoms with Crippen molar-refractivity contribution in [1.82, 2.24) is 14.8 Å². The zero-order chi connectivity index (χ0) is 18.2. The summed E-state index contributed by atoms with van der Waals surface area (Å²) in [7, 11) is 0. The van der Waals surface area contributed by atoms with E-state index in [-0.39, 0.29) is 0 Å². The maximum atomic E-state index is 5.20. The first-order valence-corrected chi connectivity index (χ1v) is 9.85. The fourth-order valence-corrected chi connectivity index (χ4v) is 4.35. The van der Waals surface area contributed by atoms with E-state index in [1.165, 1.54) is 41.3 Å². The molecule has 2 aromatic carbocycles. The summed E-state index contributed by atoms with van der Waals surface area (Å²) in [4.78, 5) is 5.20. The number of hydrogen-bond donors (Lipinski definition) is 0. The van der Waals surface area contributed by atoms with Crippen LogP contribution in [-0.2, 0) is 12.8 Å². The lowest BCUT2D eigenvalue weighted by Crippen LogP contribution is -2.03. The summed E-state index contributed by atoms with van der Waals surface area (Å²) in [6.45, 7) is 2.12. The Morgan fingerprint density at radius 2 is 1.44 bits per heavy atom. The summed E-state index contributed by atoms with van der Waals surface area (Å²) in [5.41, 5.74) is 8.37. The van der Waals surface area contributed by atoms with Gasteiger partial charge in [-0.3, -0.25) is 0 Å². The Hall–Kier alpha value is -2.94. The van der Waals surface area contributed by atoms with Crippen LogP contribution >= 0.6 is 0 Å². The van der Waals surface area contributed by atoms with E-state index in [0.717, 1.165) is 35.6 Å². The number of pyridine rings is 1. The molecule has 134 valence electrons. The zero-order valence-electron chi connectivity index (χ0n) is 15.7. The minimum absolute atomic E-state index is 0.984. The highest BCUT2D eigenvalue weighted by Crippen LogP contribution is 2.36. The van der Waals surface area contributed by atoms with Crippen molar-refractivity contribution >= 4 is 11.0 Å². The molecule has 0 radical (unpaired) electrons. The number of para-hydroxylation sites is 1. The molecule has 0 aliphatic heterocycles. The predicted molar refractivity (Wildman–Crippen MR) is 110 cm³/mol. The molecule has 4 aromatic rings. The summed E-state index contributed by atoms with van der Waals surface area (Å²) in [6, 6.07) is 21.0. The van der Waals surface area contributed by atoms with Crippen LogP contribution in [0.4, 0.5) is 0 Å². The van der Waals surface area contributed by atoms with Gasteiger partial charge < -0.3 is 0 Å². The van der Waals surface area contributed by atoms with Crippen molar-refractivity contribution in [2.45, 2.75) is 39.0 Å². The third-order valence-corrected chi connectivity index (χ3v) is 5.61. The molecule has 0 saturated carbocycles. The van der Waals surface area contributed by atoms with Gasteiger partial charge in [0, 0.05) is 10.9 Å². The van der Waals surface area contributed by atoms with Gasteiger partial charge in [0.1, 0.15) is 0 Å². The number of aromatic nitrogens is 3. The van der Waals surface area contributed by atoms with Crippen molar-refractivity contribution < 1.29 is 0 Å². The maximum absolute atomic E-state index is 5.20. The minimum Gasteiger partial charge on any atom is -0.228 e. The monoisotopic (exact) mass is 353 g/mol. The Morgan fingerprint density at radius 3 is 2.19 bits per heavy atom. The Bertz CT molecular complexity index is 1100. The molecule has 1 aliphatic carbocycles. The van der Waals surface area contributed by atoms with Gasteiger partial charge in [-0.1, -0.05) is 55.0 Å². The third kappa shape index (κ3) is 2.74. The highest BCUT2D eigenvalue weighted by molar-refractivity contribution is 5.88. The summed E-state index contributed by atoms with van der Waals surface area (Å²) < 4.78 is 2.02. The molecule has 27 heavy (non-hydrogen) atoms. The van der Waals surface area contributed by atoms with Crippen LogP contribution in [0.1, 0.15) is 36.1 Å². The van der Waals surface area contributed by atoms with Crippen molar-refractivity contribution in [2.75, 3.05) is 0 Å². The van der Waals surface area contributed by atoms with E-state index in [2.05, 4.69) is 61.5 Å². The fraction of sp³-hybridized carbons (Fsp3) is 0.250. The van der Waals surface area contributed by atoms with Crippen LogP contribution in [0, 0.1) is 6.92 Å². The molecule has 0 amide bonds. The molecule has 0 spiro atoms. The van der Waals surface area contributed by atoms with E-state index < -0.39 is 0 Å². The molecule has 3 nitrogen and oxygen atoms in total. The van der Waals surface area contributed by atoms with Gasteiger partial charge >= 0.3 is 0 Å². The van der Waals surface area contributed by atoms with Crippen LogP contribution in [0.15, 0.2) is 60.7 Å². The maximum Gasteiger partial charge on any atom is 0.164 e. The lowest BCUT2D eigenvalue weighted by atomic mass is 9.94. The SMILES string of the molecule is Cc1nn(-c2ccccc2)c2nc(-c3ccccc3)c3c(c12)CCCCC3. The Balaban J connectivity index is 1.86. The largest absolute Gasteiger partial charge is 0.228 e. The number of fused-ring (bicyclic) bond motifs is 3. The lowest BCUT2D eigenvalue weighted by Gasteiger charge is -2.14. The topological polar surface area (TPSA) is 30.7 Å². The summed E-state index contributed by atoms with van der Waals surface area (Å²) in [5.74, 6) is 0. The second kappa shape index (κ2) is 6.66. The zero-order valence-corrected chi connectivity index (χ0v) is 15.7. The first-order valence-electron chi connectivity index (χ1n) is 9.85. The molecule has 5 rings (SSSR count). The van der Waals surface area contributed by atoms with Crippen LogP contribution in [0.2, 0.25) is 0 Å². The number of hydrogen-bond acceptors (Lipinski definition) is 2. The van der Waals surface area contributed by atoms with Gasteiger partial charge in [-0.05, 0) is 55.9 Å². The van der Waals surface area contributed by atoms with E-state index >= 15 is 0 Å². The Labute approximate surface area is 159 Å². The van der Waals surface area contributed by atoms with Gasteiger partial charge in [0.25, 0.3) is 0 Å². The van der Waals surface area contributed by atoms with E-state index in [4.69, 9.17) is 10.1 Å². The second-order valence-corrected chi connectivity index (χ2v) is 7.38. The molecule has 2 aromatic heterocycles. The molecular weight excluding hydrogens is 330 g/mol. The highest BCUT2D eigenvalue weighted by Gasteiger charge is 2.23.